The number of ether oxygens (including phenoxy) is 1. The normalized spacial score (nSPS) is 11.7. The molecule has 5 nitrogen and oxygen atoms in total. The Labute approximate surface area is 129 Å². The van der Waals surface area contributed by atoms with Gasteiger partial charge in [-0.2, -0.15) is 0 Å². The van der Waals surface area contributed by atoms with E-state index >= 15 is 0 Å². The molecule has 1 rings (SSSR count). The molecular weight excluding hydrogens is 294 g/mol. The fourth-order valence-electron chi connectivity index (χ4n) is 1.81. The van der Waals surface area contributed by atoms with Crippen LogP contribution in [0.15, 0.2) is 24.3 Å². The molecule has 0 saturated carbocycles. The van der Waals surface area contributed by atoms with Crippen LogP contribution in [0.5, 0.6) is 5.75 Å². The van der Waals surface area contributed by atoms with E-state index in [1.807, 2.05) is 6.92 Å². The van der Waals surface area contributed by atoms with Crippen LogP contribution in [0.2, 0.25) is 5.02 Å². The van der Waals surface area contributed by atoms with Crippen LogP contribution in [0, 0.1) is 5.92 Å². The van der Waals surface area contributed by atoms with Gasteiger partial charge >= 0.3 is 5.97 Å². The molecule has 2 N–H and O–H groups in total. The van der Waals surface area contributed by atoms with Gasteiger partial charge in [-0.05, 0) is 24.6 Å². The van der Waals surface area contributed by atoms with Gasteiger partial charge in [-0.3, -0.25) is 9.59 Å². The molecule has 0 fully saturated rings. The molecule has 1 aromatic carbocycles. The Kier molecular flexibility index (Phi) is 7.61. The van der Waals surface area contributed by atoms with Crippen LogP contribution < -0.4 is 10.1 Å². The molecule has 1 atom stereocenters. The number of hydrogen-bond donors (Lipinski definition) is 2. The zero-order chi connectivity index (χ0) is 15.7. The van der Waals surface area contributed by atoms with E-state index in [9.17, 15) is 9.59 Å². The largest absolute Gasteiger partial charge is 0.493 e. The van der Waals surface area contributed by atoms with E-state index < -0.39 is 11.9 Å². The molecule has 0 aliphatic heterocycles. The van der Waals surface area contributed by atoms with Crippen molar-refractivity contribution in [3.63, 3.8) is 0 Å². The molecule has 0 aromatic heterocycles. The van der Waals surface area contributed by atoms with E-state index in [1.165, 1.54) is 0 Å². The highest BCUT2D eigenvalue weighted by molar-refractivity contribution is 6.30. The number of halogens is 1. The van der Waals surface area contributed by atoms with Crippen molar-refractivity contribution in [2.75, 3.05) is 13.2 Å². The van der Waals surface area contributed by atoms with Gasteiger partial charge in [-0.15, -0.1) is 0 Å². The predicted molar refractivity (Wildman–Crippen MR) is 80.6 cm³/mol. The van der Waals surface area contributed by atoms with Gasteiger partial charge in [0.2, 0.25) is 5.91 Å². The van der Waals surface area contributed by atoms with Crippen LogP contribution in [0.25, 0.3) is 0 Å². The number of hydrogen-bond acceptors (Lipinski definition) is 3. The molecule has 0 saturated heterocycles. The van der Waals surface area contributed by atoms with Gasteiger partial charge in [0.1, 0.15) is 5.75 Å². The number of carboxylic acids is 1. The summed E-state index contributed by atoms with van der Waals surface area (Å²) >= 11 is 5.82. The van der Waals surface area contributed by atoms with Crippen LogP contribution in [0.4, 0.5) is 0 Å². The van der Waals surface area contributed by atoms with E-state index in [0.717, 1.165) is 6.42 Å². The molecule has 0 heterocycles. The minimum atomic E-state index is -0.882. The van der Waals surface area contributed by atoms with Crippen molar-refractivity contribution in [3.8, 4) is 5.75 Å². The van der Waals surface area contributed by atoms with Gasteiger partial charge in [-0.1, -0.05) is 31.0 Å². The van der Waals surface area contributed by atoms with Crippen molar-refractivity contribution in [2.45, 2.75) is 26.2 Å². The number of amides is 1. The minimum Gasteiger partial charge on any atom is -0.493 e. The highest BCUT2D eigenvalue weighted by atomic mass is 35.5. The second kappa shape index (κ2) is 9.23. The summed E-state index contributed by atoms with van der Waals surface area (Å²) in [5.74, 6) is -1.04. The smallest absolute Gasteiger partial charge is 0.308 e. The molecule has 0 aliphatic rings. The Morgan fingerprint density at radius 1 is 1.43 bits per heavy atom. The number of benzene rings is 1. The number of nitrogens with one attached hydrogen (secondary N) is 1. The summed E-state index contributed by atoms with van der Waals surface area (Å²) in [5.41, 5.74) is 0. The average molecular weight is 314 g/mol. The van der Waals surface area contributed by atoms with E-state index in [2.05, 4.69) is 5.32 Å². The predicted octanol–water partition coefficient (Wildman–Crippen LogP) is 2.73. The zero-order valence-corrected chi connectivity index (χ0v) is 12.7. The van der Waals surface area contributed by atoms with E-state index in [0.29, 0.717) is 17.2 Å². The molecule has 6 heteroatoms. The second-order valence-corrected chi connectivity index (χ2v) is 5.12. The lowest BCUT2D eigenvalue weighted by Crippen LogP contribution is -2.33. The van der Waals surface area contributed by atoms with Crippen LogP contribution in [0.3, 0.4) is 0 Å². The SMILES string of the molecule is CCCC(CNC(=O)CCOc1cccc(Cl)c1)C(=O)O. The molecular formula is C15H20ClNO4. The number of aliphatic carboxylic acids is 1. The first-order valence-corrected chi connectivity index (χ1v) is 7.28. The number of carbonyl (C=O) groups is 2. The molecule has 1 unspecified atom stereocenters. The summed E-state index contributed by atoms with van der Waals surface area (Å²) in [4.78, 5) is 22.6. The third-order valence-electron chi connectivity index (χ3n) is 2.93. The van der Waals surface area contributed by atoms with E-state index in [-0.39, 0.29) is 25.5 Å². The van der Waals surface area contributed by atoms with Crippen molar-refractivity contribution >= 4 is 23.5 Å². The number of rotatable bonds is 9. The molecule has 0 spiro atoms. The molecule has 21 heavy (non-hydrogen) atoms. The monoisotopic (exact) mass is 313 g/mol. The Hall–Kier alpha value is -1.75. The summed E-state index contributed by atoms with van der Waals surface area (Å²) < 4.78 is 5.40. The maximum absolute atomic E-state index is 11.6. The third kappa shape index (κ3) is 6.99. The Bertz CT molecular complexity index is 478. The summed E-state index contributed by atoms with van der Waals surface area (Å²) in [5, 5.41) is 12.2. The average Bonchev–Trinajstić information content (AvgIpc) is 2.43. The highest BCUT2D eigenvalue weighted by Gasteiger charge is 2.16. The van der Waals surface area contributed by atoms with Crippen molar-refractivity contribution in [2.24, 2.45) is 5.92 Å². The lowest BCUT2D eigenvalue weighted by Gasteiger charge is -2.12. The Morgan fingerprint density at radius 3 is 2.81 bits per heavy atom. The Morgan fingerprint density at radius 2 is 2.19 bits per heavy atom. The summed E-state index contributed by atoms with van der Waals surface area (Å²) in [7, 11) is 0. The maximum atomic E-state index is 11.6. The van der Waals surface area contributed by atoms with Gasteiger partial charge in [0.05, 0.1) is 18.9 Å². The fourth-order valence-corrected chi connectivity index (χ4v) is 1.99. The zero-order valence-electron chi connectivity index (χ0n) is 12.0. The highest BCUT2D eigenvalue weighted by Crippen LogP contribution is 2.17. The molecule has 1 amide bonds. The molecule has 0 bridgehead atoms. The molecule has 0 aliphatic carbocycles. The third-order valence-corrected chi connectivity index (χ3v) is 3.16. The quantitative estimate of drug-likeness (QED) is 0.735. The number of carbonyl (C=O) groups excluding carboxylic acids is 1. The Balaban J connectivity index is 2.26. The standard InChI is InChI=1S/C15H20ClNO4/c1-2-4-11(15(19)20)10-17-14(18)7-8-21-13-6-3-5-12(16)9-13/h3,5-6,9,11H,2,4,7-8,10H2,1H3,(H,17,18)(H,19,20). The first-order chi connectivity index (χ1) is 10.0. The van der Waals surface area contributed by atoms with Gasteiger partial charge in [0.25, 0.3) is 0 Å². The molecule has 116 valence electrons. The van der Waals surface area contributed by atoms with Gasteiger partial charge in [0.15, 0.2) is 0 Å². The molecule has 1 aromatic rings. The summed E-state index contributed by atoms with van der Waals surface area (Å²) in [6, 6.07) is 6.92. The lowest BCUT2D eigenvalue weighted by atomic mass is 10.0. The van der Waals surface area contributed by atoms with Crippen molar-refractivity contribution in [3.05, 3.63) is 29.3 Å². The van der Waals surface area contributed by atoms with Gasteiger partial charge in [-0.25, -0.2) is 0 Å². The van der Waals surface area contributed by atoms with Crippen LogP contribution in [-0.4, -0.2) is 30.1 Å². The minimum absolute atomic E-state index is 0.152. The molecule has 0 radical (unpaired) electrons. The van der Waals surface area contributed by atoms with Crippen LogP contribution in [0.1, 0.15) is 26.2 Å². The van der Waals surface area contributed by atoms with E-state index in [1.54, 1.807) is 24.3 Å². The van der Waals surface area contributed by atoms with E-state index in [4.69, 9.17) is 21.4 Å². The number of carboxylic acid groups (broad SMARTS) is 1. The van der Waals surface area contributed by atoms with Gasteiger partial charge < -0.3 is 15.2 Å². The maximum Gasteiger partial charge on any atom is 0.308 e. The summed E-state index contributed by atoms with van der Waals surface area (Å²) in [6.07, 6.45) is 1.49. The van der Waals surface area contributed by atoms with Crippen molar-refractivity contribution in [1.82, 2.24) is 5.32 Å². The first kappa shape index (κ1) is 17.3. The summed E-state index contributed by atoms with van der Waals surface area (Å²) in [6.45, 7) is 2.29. The van der Waals surface area contributed by atoms with Crippen LogP contribution in [-0.2, 0) is 9.59 Å². The van der Waals surface area contributed by atoms with Crippen molar-refractivity contribution < 1.29 is 19.4 Å². The lowest BCUT2D eigenvalue weighted by molar-refractivity contribution is -0.141. The van der Waals surface area contributed by atoms with Crippen molar-refractivity contribution in [1.29, 1.82) is 0 Å². The topological polar surface area (TPSA) is 75.6 Å². The fraction of sp³-hybridized carbons (Fsp3) is 0.467. The first-order valence-electron chi connectivity index (χ1n) is 6.90. The van der Waals surface area contributed by atoms with Crippen LogP contribution >= 0.6 is 11.6 Å². The second-order valence-electron chi connectivity index (χ2n) is 4.68. The van der Waals surface area contributed by atoms with Gasteiger partial charge in [0, 0.05) is 11.6 Å².